The van der Waals surface area contributed by atoms with Gasteiger partial charge in [0.15, 0.2) is 0 Å². The highest BCUT2D eigenvalue weighted by atomic mass is 16.5. The van der Waals surface area contributed by atoms with E-state index in [9.17, 15) is 0 Å². The Hall–Kier alpha value is -1.02. The molecule has 1 aliphatic carbocycles. The topological polar surface area (TPSA) is 21.3 Å². The van der Waals surface area contributed by atoms with Crippen LogP contribution in [0.2, 0.25) is 0 Å². The molecule has 1 atom stereocenters. The van der Waals surface area contributed by atoms with Crippen molar-refractivity contribution >= 4 is 0 Å². The Morgan fingerprint density at radius 3 is 2.55 bits per heavy atom. The van der Waals surface area contributed by atoms with E-state index in [0.717, 1.165) is 11.7 Å². The molecule has 0 aromatic heterocycles. The van der Waals surface area contributed by atoms with Gasteiger partial charge in [-0.2, -0.15) is 0 Å². The highest BCUT2D eigenvalue weighted by Gasteiger charge is 2.22. The van der Waals surface area contributed by atoms with Crippen LogP contribution in [0.5, 0.6) is 5.75 Å². The van der Waals surface area contributed by atoms with Crippen LogP contribution in [0.4, 0.5) is 0 Å². The lowest BCUT2D eigenvalue weighted by Gasteiger charge is -2.29. The van der Waals surface area contributed by atoms with Crippen molar-refractivity contribution in [3.63, 3.8) is 0 Å². The monoisotopic (exact) mass is 275 g/mol. The van der Waals surface area contributed by atoms with Crippen molar-refractivity contribution < 1.29 is 4.74 Å². The van der Waals surface area contributed by atoms with E-state index in [1.54, 1.807) is 0 Å². The molecular formula is C18H29NO. The van der Waals surface area contributed by atoms with Gasteiger partial charge >= 0.3 is 0 Å². The number of benzene rings is 1. The molecular weight excluding hydrogens is 246 g/mol. The summed E-state index contributed by atoms with van der Waals surface area (Å²) in [6.45, 7) is 6.62. The van der Waals surface area contributed by atoms with Crippen molar-refractivity contribution in [3.8, 4) is 5.75 Å². The first kappa shape index (κ1) is 15.4. The molecule has 1 saturated carbocycles. The highest BCUT2D eigenvalue weighted by Crippen LogP contribution is 2.32. The Labute approximate surface area is 123 Å². The number of aryl methyl sites for hydroxylation is 1. The van der Waals surface area contributed by atoms with Crippen LogP contribution in [-0.4, -0.2) is 13.2 Å². The van der Waals surface area contributed by atoms with Crippen LogP contribution in [-0.2, 0) is 0 Å². The molecule has 1 N–H and O–H groups in total. The molecule has 0 saturated heterocycles. The first-order chi connectivity index (χ1) is 9.63. The molecule has 2 rings (SSSR count). The van der Waals surface area contributed by atoms with Gasteiger partial charge in [0.1, 0.15) is 5.75 Å². The normalized spacial score (nSPS) is 24.4. The minimum Gasteiger partial charge on any atom is -0.490 e. The summed E-state index contributed by atoms with van der Waals surface area (Å²) in [5.74, 6) is 2.00. The lowest BCUT2D eigenvalue weighted by atomic mass is 9.86. The summed E-state index contributed by atoms with van der Waals surface area (Å²) < 4.78 is 6.34. The second kappa shape index (κ2) is 7.12. The predicted molar refractivity (Wildman–Crippen MR) is 85.3 cm³/mol. The molecule has 0 bridgehead atoms. The third-order valence-electron chi connectivity index (χ3n) is 4.73. The minimum atomic E-state index is 0.331. The molecule has 1 aromatic carbocycles. The summed E-state index contributed by atoms with van der Waals surface area (Å²) in [7, 11) is 2.00. The molecule has 2 heteroatoms. The third kappa shape index (κ3) is 3.76. The van der Waals surface area contributed by atoms with Crippen LogP contribution < -0.4 is 10.1 Å². The lowest BCUT2D eigenvalue weighted by molar-refractivity contribution is 0.128. The largest absolute Gasteiger partial charge is 0.490 e. The zero-order valence-corrected chi connectivity index (χ0v) is 13.4. The van der Waals surface area contributed by atoms with Gasteiger partial charge in [-0.1, -0.05) is 25.5 Å². The van der Waals surface area contributed by atoms with Crippen LogP contribution in [0.25, 0.3) is 0 Å². The minimum absolute atomic E-state index is 0.331. The van der Waals surface area contributed by atoms with Crippen molar-refractivity contribution in [2.24, 2.45) is 5.92 Å². The molecule has 2 nitrogen and oxygen atoms in total. The summed E-state index contributed by atoms with van der Waals surface area (Å²) in [4.78, 5) is 0. The number of rotatable bonds is 5. The summed E-state index contributed by atoms with van der Waals surface area (Å²) in [5, 5.41) is 3.31. The predicted octanol–water partition coefficient (Wildman–Crippen LogP) is 4.62. The first-order valence-electron chi connectivity index (χ1n) is 8.08. The number of hydrogen-bond donors (Lipinski definition) is 1. The fourth-order valence-electron chi connectivity index (χ4n) is 3.09. The van der Waals surface area contributed by atoms with Gasteiger partial charge in [-0.15, -0.1) is 0 Å². The Morgan fingerprint density at radius 2 is 1.95 bits per heavy atom. The fraction of sp³-hybridized carbons (Fsp3) is 0.667. The van der Waals surface area contributed by atoms with E-state index < -0.39 is 0 Å². The molecule has 1 unspecified atom stereocenters. The van der Waals surface area contributed by atoms with Crippen LogP contribution in [0, 0.1) is 12.8 Å². The molecule has 0 amide bonds. The molecule has 1 fully saturated rings. The van der Waals surface area contributed by atoms with Gasteiger partial charge in [0.25, 0.3) is 0 Å². The van der Waals surface area contributed by atoms with Crippen molar-refractivity contribution in [1.29, 1.82) is 0 Å². The Kier molecular flexibility index (Phi) is 5.47. The van der Waals surface area contributed by atoms with Gasteiger partial charge in [-0.05, 0) is 64.1 Å². The fourth-order valence-corrected chi connectivity index (χ4v) is 3.09. The van der Waals surface area contributed by atoms with E-state index in [4.69, 9.17) is 4.74 Å². The maximum atomic E-state index is 6.34. The number of nitrogens with one attached hydrogen (secondary N) is 1. The second-order valence-corrected chi connectivity index (χ2v) is 6.22. The molecule has 0 aliphatic heterocycles. The summed E-state index contributed by atoms with van der Waals surface area (Å²) >= 11 is 0. The van der Waals surface area contributed by atoms with Crippen LogP contribution in [0.15, 0.2) is 18.2 Å². The second-order valence-electron chi connectivity index (χ2n) is 6.22. The standard InChI is InChI=1S/C18H29NO/c1-5-15-7-9-16(10-8-15)20-18-12-13(2)6-11-17(18)14(3)19-4/h6,11-12,14-16,19H,5,7-10H2,1-4H3. The highest BCUT2D eigenvalue weighted by molar-refractivity contribution is 5.39. The maximum absolute atomic E-state index is 6.34. The zero-order chi connectivity index (χ0) is 14.5. The van der Waals surface area contributed by atoms with Gasteiger partial charge in [0.05, 0.1) is 6.10 Å². The Morgan fingerprint density at radius 1 is 1.25 bits per heavy atom. The number of hydrogen-bond acceptors (Lipinski definition) is 2. The molecule has 0 radical (unpaired) electrons. The number of ether oxygens (including phenoxy) is 1. The van der Waals surface area contributed by atoms with E-state index in [2.05, 4.69) is 44.3 Å². The third-order valence-corrected chi connectivity index (χ3v) is 4.73. The van der Waals surface area contributed by atoms with Gasteiger partial charge in [-0.3, -0.25) is 0 Å². The first-order valence-corrected chi connectivity index (χ1v) is 8.08. The van der Waals surface area contributed by atoms with Crippen molar-refractivity contribution in [2.45, 2.75) is 65.0 Å². The molecule has 1 aliphatic rings. The Balaban J connectivity index is 2.06. The lowest BCUT2D eigenvalue weighted by Crippen LogP contribution is -2.25. The SMILES string of the molecule is CCC1CCC(Oc2cc(C)ccc2C(C)NC)CC1. The van der Waals surface area contributed by atoms with Crippen molar-refractivity contribution in [2.75, 3.05) is 7.05 Å². The van der Waals surface area contributed by atoms with E-state index in [0.29, 0.717) is 12.1 Å². The van der Waals surface area contributed by atoms with Gasteiger partial charge in [0.2, 0.25) is 0 Å². The summed E-state index contributed by atoms with van der Waals surface area (Å²) in [6.07, 6.45) is 6.79. The summed E-state index contributed by atoms with van der Waals surface area (Å²) in [5.41, 5.74) is 2.55. The van der Waals surface area contributed by atoms with Gasteiger partial charge in [-0.25, -0.2) is 0 Å². The molecule has 112 valence electrons. The average Bonchev–Trinajstić information content (AvgIpc) is 2.47. The van der Waals surface area contributed by atoms with Crippen molar-refractivity contribution in [1.82, 2.24) is 5.32 Å². The van der Waals surface area contributed by atoms with Gasteiger partial charge < -0.3 is 10.1 Å². The van der Waals surface area contributed by atoms with Crippen molar-refractivity contribution in [3.05, 3.63) is 29.3 Å². The smallest absolute Gasteiger partial charge is 0.124 e. The van der Waals surface area contributed by atoms with Crippen LogP contribution in [0.3, 0.4) is 0 Å². The van der Waals surface area contributed by atoms with E-state index in [1.807, 2.05) is 7.05 Å². The maximum Gasteiger partial charge on any atom is 0.124 e. The van der Waals surface area contributed by atoms with E-state index in [1.165, 1.54) is 43.2 Å². The summed E-state index contributed by atoms with van der Waals surface area (Å²) in [6, 6.07) is 6.89. The average molecular weight is 275 g/mol. The molecule has 20 heavy (non-hydrogen) atoms. The molecule has 0 spiro atoms. The van der Waals surface area contributed by atoms with Gasteiger partial charge in [0, 0.05) is 11.6 Å². The quantitative estimate of drug-likeness (QED) is 0.846. The Bertz CT molecular complexity index is 421. The molecule has 0 heterocycles. The van der Waals surface area contributed by atoms with E-state index >= 15 is 0 Å². The van der Waals surface area contributed by atoms with Crippen LogP contribution >= 0.6 is 0 Å². The molecule has 1 aromatic rings. The van der Waals surface area contributed by atoms with E-state index in [-0.39, 0.29) is 0 Å². The van der Waals surface area contributed by atoms with Crippen LogP contribution in [0.1, 0.15) is 63.1 Å². The zero-order valence-electron chi connectivity index (χ0n) is 13.4.